The summed E-state index contributed by atoms with van der Waals surface area (Å²) >= 11 is 0. The van der Waals surface area contributed by atoms with E-state index in [1.54, 1.807) is 36.7 Å². The molecule has 0 saturated heterocycles. The first-order valence-corrected chi connectivity index (χ1v) is 7.02. The number of carbonyl (C=O) groups is 1. The van der Waals surface area contributed by atoms with Gasteiger partial charge in [0.2, 0.25) is 0 Å². The van der Waals surface area contributed by atoms with E-state index in [0.717, 1.165) is 16.7 Å². The molecule has 0 aliphatic rings. The zero-order valence-electron chi connectivity index (χ0n) is 12.2. The van der Waals surface area contributed by atoms with Crippen LogP contribution in [0.2, 0.25) is 0 Å². The normalized spacial score (nSPS) is 10.2. The molecule has 22 heavy (non-hydrogen) atoms. The molecule has 0 fully saturated rings. The maximum atomic E-state index is 12.1. The van der Waals surface area contributed by atoms with Crippen LogP contribution in [0.15, 0.2) is 73.1 Å². The lowest BCUT2D eigenvalue weighted by Gasteiger charge is -2.06. The van der Waals surface area contributed by atoms with Crippen LogP contribution in [0.5, 0.6) is 5.75 Å². The van der Waals surface area contributed by atoms with Crippen molar-refractivity contribution in [2.24, 2.45) is 0 Å². The predicted molar refractivity (Wildman–Crippen MR) is 85.8 cm³/mol. The number of rotatable bonds is 3. The zero-order chi connectivity index (χ0) is 15.4. The fourth-order valence-corrected chi connectivity index (χ4v) is 2.10. The van der Waals surface area contributed by atoms with Crippen molar-refractivity contribution in [2.45, 2.75) is 6.92 Å². The van der Waals surface area contributed by atoms with Crippen LogP contribution in [0.1, 0.15) is 15.9 Å². The molecule has 0 N–H and O–H groups in total. The summed E-state index contributed by atoms with van der Waals surface area (Å²) < 4.78 is 5.35. The summed E-state index contributed by atoms with van der Waals surface area (Å²) in [5.74, 6) is 0.188. The molecule has 0 bridgehead atoms. The Hall–Kier alpha value is -2.94. The first kappa shape index (κ1) is 14.0. The average molecular weight is 289 g/mol. The van der Waals surface area contributed by atoms with E-state index < -0.39 is 0 Å². The second-order valence-electron chi connectivity index (χ2n) is 5.02. The minimum Gasteiger partial charge on any atom is -0.423 e. The second kappa shape index (κ2) is 6.22. The third-order valence-electron chi connectivity index (χ3n) is 3.35. The van der Waals surface area contributed by atoms with E-state index in [4.69, 9.17) is 4.74 Å². The van der Waals surface area contributed by atoms with Crippen molar-refractivity contribution in [1.82, 2.24) is 4.98 Å². The number of ether oxygens (including phenoxy) is 1. The molecule has 0 atom stereocenters. The van der Waals surface area contributed by atoms with Gasteiger partial charge in [0.25, 0.3) is 0 Å². The lowest BCUT2D eigenvalue weighted by molar-refractivity contribution is 0.0735. The molecule has 0 spiro atoms. The van der Waals surface area contributed by atoms with Gasteiger partial charge >= 0.3 is 5.97 Å². The van der Waals surface area contributed by atoms with Crippen LogP contribution in [-0.2, 0) is 0 Å². The third kappa shape index (κ3) is 3.20. The minimum absolute atomic E-state index is 0.360. The van der Waals surface area contributed by atoms with Crippen LogP contribution in [0.3, 0.4) is 0 Å². The van der Waals surface area contributed by atoms with Crippen molar-refractivity contribution in [1.29, 1.82) is 0 Å². The smallest absolute Gasteiger partial charge is 0.343 e. The van der Waals surface area contributed by atoms with Crippen LogP contribution in [-0.4, -0.2) is 11.0 Å². The third-order valence-corrected chi connectivity index (χ3v) is 3.35. The molecule has 3 aromatic rings. The van der Waals surface area contributed by atoms with Crippen molar-refractivity contribution < 1.29 is 9.53 Å². The number of hydrogen-bond donors (Lipinski definition) is 0. The molecule has 3 nitrogen and oxygen atoms in total. The Labute approximate surface area is 129 Å². The fraction of sp³-hybridized carbons (Fsp3) is 0.0526. The molecule has 3 rings (SSSR count). The number of nitrogens with zero attached hydrogens (tertiary/aromatic N) is 1. The number of aromatic nitrogens is 1. The molecular weight excluding hydrogens is 274 g/mol. The molecule has 2 aromatic carbocycles. The number of aryl methyl sites for hydroxylation is 1. The van der Waals surface area contributed by atoms with E-state index in [9.17, 15) is 4.79 Å². The minimum atomic E-state index is -0.360. The van der Waals surface area contributed by atoms with E-state index in [1.807, 2.05) is 43.3 Å². The Morgan fingerprint density at radius 2 is 1.64 bits per heavy atom. The van der Waals surface area contributed by atoms with Gasteiger partial charge < -0.3 is 4.74 Å². The maximum Gasteiger partial charge on any atom is 0.343 e. The molecule has 0 radical (unpaired) electrons. The van der Waals surface area contributed by atoms with Crippen LogP contribution in [0.4, 0.5) is 0 Å². The molecule has 0 unspecified atom stereocenters. The Kier molecular flexibility index (Phi) is 3.97. The average Bonchev–Trinajstić information content (AvgIpc) is 2.58. The molecule has 0 aliphatic carbocycles. The topological polar surface area (TPSA) is 39.2 Å². The molecule has 0 amide bonds. The monoisotopic (exact) mass is 289 g/mol. The van der Waals surface area contributed by atoms with Gasteiger partial charge in [-0.05, 0) is 48.4 Å². The summed E-state index contributed by atoms with van der Waals surface area (Å²) in [7, 11) is 0. The highest BCUT2D eigenvalue weighted by Crippen LogP contribution is 2.19. The van der Waals surface area contributed by atoms with Gasteiger partial charge in [-0.2, -0.15) is 0 Å². The summed E-state index contributed by atoms with van der Waals surface area (Å²) in [6.07, 6.45) is 3.52. The Balaban J connectivity index is 1.75. The zero-order valence-corrected chi connectivity index (χ0v) is 12.2. The number of hydrogen-bond acceptors (Lipinski definition) is 3. The van der Waals surface area contributed by atoms with Crippen LogP contribution in [0.25, 0.3) is 11.1 Å². The summed E-state index contributed by atoms with van der Waals surface area (Å²) in [5.41, 5.74) is 3.68. The first-order valence-electron chi connectivity index (χ1n) is 7.02. The van der Waals surface area contributed by atoms with Gasteiger partial charge in [-0.1, -0.05) is 35.9 Å². The van der Waals surface area contributed by atoms with Gasteiger partial charge in [0.15, 0.2) is 0 Å². The quantitative estimate of drug-likeness (QED) is 0.533. The first-order chi connectivity index (χ1) is 10.7. The van der Waals surface area contributed by atoms with Gasteiger partial charge in [0, 0.05) is 12.4 Å². The van der Waals surface area contributed by atoms with Crippen molar-refractivity contribution in [3.8, 4) is 16.9 Å². The van der Waals surface area contributed by atoms with Crippen LogP contribution in [0, 0.1) is 6.92 Å². The lowest BCUT2D eigenvalue weighted by Crippen LogP contribution is -2.08. The van der Waals surface area contributed by atoms with Crippen molar-refractivity contribution in [3.63, 3.8) is 0 Å². The largest absolute Gasteiger partial charge is 0.423 e. The second-order valence-corrected chi connectivity index (χ2v) is 5.02. The van der Waals surface area contributed by atoms with E-state index in [-0.39, 0.29) is 5.97 Å². The standard InChI is InChI=1S/C19H15NO2/c1-14-4-10-18(11-5-14)22-19(21)16-8-6-15(7-9-16)17-3-2-12-20-13-17/h2-13H,1H3. The Morgan fingerprint density at radius 3 is 2.27 bits per heavy atom. The molecular formula is C19H15NO2. The molecule has 108 valence electrons. The van der Waals surface area contributed by atoms with Crippen molar-refractivity contribution in [3.05, 3.63) is 84.2 Å². The maximum absolute atomic E-state index is 12.1. The van der Waals surface area contributed by atoms with Crippen LogP contribution < -0.4 is 4.74 Å². The van der Waals surface area contributed by atoms with E-state index in [1.165, 1.54) is 0 Å². The van der Waals surface area contributed by atoms with Crippen molar-refractivity contribution >= 4 is 5.97 Å². The molecule has 1 heterocycles. The fourth-order valence-electron chi connectivity index (χ4n) is 2.10. The Morgan fingerprint density at radius 1 is 0.909 bits per heavy atom. The van der Waals surface area contributed by atoms with E-state index >= 15 is 0 Å². The van der Waals surface area contributed by atoms with Gasteiger partial charge in [0.05, 0.1) is 5.56 Å². The number of esters is 1. The highest BCUT2D eigenvalue weighted by atomic mass is 16.5. The van der Waals surface area contributed by atoms with Gasteiger partial charge in [0.1, 0.15) is 5.75 Å². The molecule has 3 heteroatoms. The molecule has 1 aromatic heterocycles. The Bertz CT molecular complexity index is 763. The van der Waals surface area contributed by atoms with Gasteiger partial charge in [-0.3, -0.25) is 4.98 Å². The summed E-state index contributed by atoms with van der Waals surface area (Å²) in [5, 5.41) is 0. The summed E-state index contributed by atoms with van der Waals surface area (Å²) in [6.45, 7) is 1.99. The van der Waals surface area contributed by atoms with Gasteiger partial charge in [-0.25, -0.2) is 4.79 Å². The summed E-state index contributed by atoms with van der Waals surface area (Å²) in [4.78, 5) is 16.2. The number of pyridine rings is 1. The molecule has 0 saturated carbocycles. The van der Waals surface area contributed by atoms with E-state index in [2.05, 4.69) is 4.98 Å². The van der Waals surface area contributed by atoms with Crippen LogP contribution >= 0.6 is 0 Å². The predicted octanol–water partition coefficient (Wildman–Crippen LogP) is 4.28. The molecule has 0 aliphatic heterocycles. The SMILES string of the molecule is Cc1ccc(OC(=O)c2ccc(-c3cccnc3)cc2)cc1. The van der Waals surface area contributed by atoms with E-state index in [0.29, 0.717) is 11.3 Å². The number of benzene rings is 2. The van der Waals surface area contributed by atoms with Gasteiger partial charge in [-0.15, -0.1) is 0 Å². The highest BCUT2D eigenvalue weighted by Gasteiger charge is 2.08. The number of carbonyl (C=O) groups excluding carboxylic acids is 1. The lowest BCUT2D eigenvalue weighted by atomic mass is 10.1. The highest BCUT2D eigenvalue weighted by molar-refractivity contribution is 5.91. The summed E-state index contributed by atoms with van der Waals surface area (Å²) in [6, 6.07) is 18.6. The van der Waals surface area contributed by atoms with Crippen molar-refractivity contribution in [2.75, 3.05) is 0 Å².